The van der Waals surface area contributed by atoms with E-state index in [-0.39, 0.29) is 19.1 Å². The van der Waals surface area contributed by atoms with E-state index in [1.807, 2.05) is 0 Å². The van der Waals surface area contributed by atoms with Crippen molar-refractivity contribution in [1.29, 1.82) is 5.26 Å². The zero-order valence-electron chi connectivity index (χ0n) is 8.79. The van der Waals surface area contributed by atoms with Crippen LogP contribution in [0.3, 0.4) is 0 Å². The standard InChI is InChI=1S/C11H14N2O2/c1-2-4-10(15)13(7-8-14)11(9-12)5-3-6-11/h14H,3,5-8H2,1H3. The molecule has 0 bridgehead atoms. The number of nitrogens with zero attached hydrogens (tertiary/aromatic N) is 2. The molecule has 15 heavy (non-hydrogen) atoms. The molecule has 0 aromatic carbocycles. The summed E-state index contributed by atoms with van der Waals surface area (Å²) in [6, 6.07) is 2.17. The van der Waals surface area contributed by atoms with Gasteiger partial charge in [0.2, 0.25) is 0 Å². The van der Waals surface area contributed by atoms with Crippen molar-refractivity contribution in [2.45, 2.75) is 31.7 Å². The molecule has 1 saturated carbocycles. The van der Waals surface area contributed by atoms with Gasteiger partial charge < -0.3 is 10.0 Å². The minimum Gasteiger partial charge on any atom is -0.395 e. The molecular weight excluding hydrogens is 192 g/mol. The Hall–Kier alpha value is -1.52. The molecule has 0 aromatic rings. The molecule has 0 aromatic heterocycles. The van der Waals surface area contributed by atoms with Crippen molar-refractivity contribution >= 4 is 5.91 Å². The van der Waals surface area contributed by atoms with E-state index in [0.29, 0.717) is 12.8 Å². The zero-order valence-corrected chi connectivity index (χ0v) is 8.79. The lowest BCUT2D eigenvalue weighted by Gasteiger charge is -2.43. The molecule has 0 saturated heterocycles. The third kappa shape index (κ3) is 2.11. The van der Waals surface area contributed by atoms with E-state index in [0.717, 1.165) is 6.42 Å². The summed E-state index contributed by atoms with van der Waals surface area (Å²) in [4.78, 5) is 13.0. The fourth-order valence-corrected chi connectivity index (χ4v) is 1.74. The molecule has 1 N–H and O–H groups in total. The molecule has 1 aliphatic rings. The fourth-order valence-electron chi connectivity index (χ4n) is 1.74. The molecular formula is C11H14N2O2. The van der Waals surface area contributed by atoms with E-state index in [2.05, 4.69) is 17.9 Å². The number of nitriles is 1. The topological polar surface area (TPSA) is 64.3 Å². The first-order valence-electron chi connectivity index (χ1n) is 4.96. The summed E-state index contributed by atoms with van der Waals surface area (Å²) >= 11 is 0. The number of aliphatic hydroxyl groups excluding tert-OH is 1. The normalized spacial score (nSPS) is 16.6. The molecule has 0 atom stereocenters. The van der Waals surface area contributed by atoms with E-state index in [1.165, 1.54) is 4.90 Å². The predicted octanol–water partition coefficient (Wildman–Crippen LogP) is 0.277. The highest BCUT2D eigenvalue weighted by atomic mass is 16.3. The Morgan fingerprint density at radius 3 is 2.60 bits per heavy atom. The third-order valence-electron chi connectivity index (χ3n) is 2.71. The lowest BCUT2D eigenvalue weighted by molar-refractivity contribution is -0.132. The van der Waals surface area contributed by atoms with Crippen LogP contribution in [-0.2, 0) is 4.79 Å². The second-order valence-corrected chi connectivity index (χ2v) is 3.55. The molecule has 0 spiro atoms. The number of hydrogen-bond donors (Lipinski definition) is 1. The number of amides is 1. The van der Waals surface area contributed by atoms with Gasteiger partial charge in [-0.3, -0.25) is 4.79 Å². The van der Waals surface area contributed by atoms with Crippen molar-refractivity contribution in [3.63, 3.8) is 0 Å². The van der Waals surface area contributed by atoms with Crippen LogP contribution in [0.15, 0.2) is 0 Å². The van der Waals surface area contributed by atoms with E-state index in [1.54, 1.807) is 6.92 Å². The Bertz CT molecular complexity index is 342. The maximum absolute atomic E-state index is 11.6. The van der Waals surface area contributed by atoms with Crippen molar-refractivity contribution in [2.24, 2.45) is 0 Å². The van der Waals surface area contributed by atoms with Crippen molar-refractivity contribution in [3.8, 4) is 17.9 Å². The summed E-state index contributed by atoms with van der Waals surface area (Å²) < 4.78 is 0. The Labute approximate surface area is 89.5 Å². The largest absolute Gasteiger partial charge is 0.395 e. The van der Waals surface area contributed by atoms with Crippen LogP contribution in [0, 0.1) is 23.2 Å². The molecule has 1 amide bonds. The van der Waals surface area contributed by atoms with Gasteiger partial charge in [-0.2, -0.15) is 5.26 Å². The van der Waals surface area contributed by atoms with Gasteiger partial charge in [0.05, 0.1) is 12.7 Å². The third-order valence-corrected chi connectivity index (χ3v) is 2.71. The molecule has 80 valence electrons. The van der Waals surface area contributed by atoms with Gasteiger partial charge in [-0.1, -0.05) is 5.92 Å². The van der Waals surface area contributed by atoms with Crippen molar-refractivity contribution in [3.05, 3.63) is 0 Å². The number of aliphatic hydroxyl groups is 1. The molecule has 4 heteroatoms. The predicted molar refractivity (Wildman–Crippen MR) is 54.4 cm³/mol. The summed E-state index contributed by atoms with van der Waals surface area (Å²) in [7, 11) is 0. The molecule has 0 heterocycles. The highest BCUT2D eigenvalue weighted by Gasteiger charge is 2.44. The Kier molecular flexibility index (Phi) is 3.71. The minimum atomic E-state index is -0.719. The number of carbonyl (C=O) groups is 1. The number of carbonyl (C=O) groups excluding carboxylic acids is 1. The Morgan fingerprint density at radius 2 is 2.27 bits per heavy atom. The van der Waals surface area contributed by atoms with Crippen LogP contribution in [0.1, 0.15) is 26.2 Å². The summed E-state index contributed by atoms with van der Waals surface area (Å²) in [5.74, 6) is 4.56. The first kappa shape index (κ1) is 11.6. The number of hydrogen-bond acceptors (Lipinski definition) is 3. The average Bonchev–Trinajstić information content (AvgIpc) is 2.16. The summed E-state index contributed by atoms with van der Waals surface area (Å²) in [6.07, 6.45) is 2.31. The number of rotatable bonds is 3. The fraction of sp³-hybridized carbons (Fsp3) is 0.636. The molecule has 1 rings (SSSR count). The highest BCUT2D eigenvalue weighted by molar-refractivity contribution is 5.94. The summed E-state index contributed by atoms with van der Waals surface area (Å²) in [5.41, 5.74) is -0.719. The van der Waals surface area contributed by atoms with Crippen LogP contribution in [0.25, 0.3) is 0 Å². The van der Waals surface area contributed by atoms with Gasteiger partial charge in [0.25, 0.3) is 5.91 Å². The van der Waals surface area contributed by atoms with E-state index >= 15 is 0 Å². The molecule has 0 aliphatic heterocycles. The van der Waals surface area contributed by atoms with Gasteiger partial charge >= 0.3 is 0 Å². The van der Waals surface area contributed by atoms with Crippen molar-refractivity contribution < 1.29 is 9.90 Å². The van der Waals surface area contributed by atoms with Crippen LogP contribution in [-0.4, -0.2) is 34.6 Å². The summed E-state index contributed by atoms with van der Waals surface area (Å²) in [6.45, 7) is 1.62. The zero-order chi connectivity index (χ0) is 11.3. The maximum atomic E-state index is 11.6. The Balaban J connectivity index is 2.85. The van der Waals surface area contributed by atoms with Gasteiger partial charge in [0, 0.05) is 6.54 Å². The van der Waals surface area contributed by atoms with Gasteiger partial charge in [0.15, 0.2) is 0 Å². The minimum absolute atomic E-state index is 0.138. The van der Waals surface area contributed by atoms with Crippen LogP contribution in [0.4, 0.5) is 0 Å². The van der Waals surface area contributed by atoms with Crippen LogP contribution in [0.2, 0.25) is 0 Å². The van der Waals surface area contributed by atoms with Gasteiger partial charge in [-0.15, -0.1) is 0 Å². The van der Waals surface area contributed by atoms with E-state index in [4.69, 9.17) is 10.4 Å². The van der Waals surface area contributed by atoms with E-state index < -0.39 is 5.54 Å². The van der Waals surface area contributed by atoms with Crippen molar-refractivity contribution in [2.75, 3.05) is 13.2 Å². The molecule has 4 nitrogen and oxygen atoms in total. The lowest BCUT2D eigenvalue weighted by Crippen LogP contribution is -2.56. The van der Waals surface area contributed by atoms with Gasteiger partial charge in [0.1, 0.15) is 5.54 Å². The molecule has 0 radical (unpaired) electrons. The molecule has 0 unspecified atom stereocenters. The Morgan fingerprint density at radius 1 is 1.60 bits per heavy atom. The highest BCUT2D eigenvalue weighted by Crippen LogP contribution is 2.36. The second-order valence-electron chi connectivity index (χ2n) is 3.55. The quantitative estimate of drug-likeness (QED) is 0.674. The number of β-amino-alcohol motifs (C(OH)–C–C–N with tert-alkyl or cyclic N) is 1. The maximum Gasteiger partial charge on any atom is 0.299 e. The van der Waals surface area contributed by atoms with Gasteiger partial charge in [-0.25, -0.2) is 0 Å². The smallest absolute Gasteiger partial charge is 0.299 e. The monoisotopic (exact) mass is 206 g/mol. The SMILES string of the molecule is CC#CC(=O)N(CCO)C1(C#N)CCC1. The van der Waals surface area contributed by atoms with Crippen molar-refractivity contribution in [1.82, 2.24) is 4.90 Å². The summed E-state index contributed by atoms with van der Waals surface area (Å²) in [5, 5.41) is 18.0. The second kappa shape index (κ2) is 4.82. The average molecular weight is 206 g/mol. The first-order valence-corrected chi connectivity index (χ1v) is 4.96. The van der Waals surface area contributed by atoms with Gasteiger partial charge in [-0.05, 0) is 32.1 Å². The molecule has 1 fully saturated rings. The van der Waals surface area contributed by atoms with E-state index in [9.17, 15) is 4.79 Å². The van der Waals surface area contributed by atoms with Crippen LogP contribution in [0.5, 0.6) is 0 Å². The lowest BCUT2D eigenvalue weighted by atomic mass is 9.76. The van der Waals surface area contributed by atoms with Crippen LogP contribution >= 0.6 is 0 Å². The van der Waals surface area contributed by atoms with Crippen LogP contribution < -0.4 is 0 Å². The molecule has 1 aliphatic carbocycles. The first-order chi connectivity index (χ1) is 7.20.